The third-order valence-electron chi connectivity index (χ3n) is 6.75. The fourth-order valence-electron chi connectivity index (χ4n) is 5.32. The molecule has 0 amide bonds. The lowest BCUT2D eigenvalue weighted by Crippen LogP contribution is -2.53. The zero-order valence-corrected chi connectivity index (χ0v) is 14.7. The van der Waals surface area contributed by atoms with Gasteiger partial charge in [0.15, 0.2) is 0 Å². The first kappa shape index (κ1) is 18.0. The highest BCUT2D eigenvalue weighted by Crippen LogP contribution is 2.62. The summed E-state index contributed by atoms with van der Waals surface area (Å²) in [4.78, 5) is 23.0. The molecule has 2 aliphatic carbocycles. The Morgan fingerprint density at radius 3 is 2.65 bits per heavy atom. The summed E-state index contributed by atoms with van der Waals surface area (Å²) in [6.45, 7) is 10.4. The molecule has 23 heavy (non-hydrogen) atoms. The van der Waals surface area contributed by atoms with Gasteiger partial charge in [-0.05, 0) is 75.2 Å². The molecule has 0 saturated heterocycles. The van der Waals surface area contributed by atoms with Crippen LogP contribution in [0.15, 0.2) is 23.8 Å². The Labute approximate surface area is 139 Å². The zero-order valence-electron chi connectivity index (χ0n) is 14.7. The van der Waals surface area contributed by atoms with Crippen LogP contribution in [0.5, 0.6) is 0 Å². The second-order valence-electron chi connectivity index (χ2n) is 7.90. The van der Waals surface area contributed by atoms with E-state index in [0.29, 0.717) is 5.92 Å². The number of hydrogen-bond donors (Lipinski definition) is 1. The van der Waals surface area contributed by atoms with E-state index >= 15 is 0 Å². The van der Waals surface area contributed by atoms with Gasteiger partial charge in [0, 0.05) is 0 Å². The number of hydrogen-bond acceptors (Lipinski definition) is 2. The Balaban J connectivity index is 2.29. The van der Waals surface area contributed by atoms with Crippen LogP contribution in [0.1, 0.15) is 65.7 Å². The van der Waals surface area contributed by atoms with Crippen molar-refractivity contribution < 1.29 is 14.7 Å². The average Bonchev–Trinajstić information content (AvgIpc) is 2.50. The van der Waals surface area contributed by atoms with Gasteiger partial charge in [-0.2, -0.15) is 0 Å². The molecule has 4 atom stereocenters. The van der Waals surface area contributed by atoms with Crippen LogP contribution in [-0.4, -0.2) is 17.4 Å². The number of carbonyl (C=O) groups is 2. The summed E-state index contributed by atoms with van der Waals surface area (Å²) in [5, 5.41) is 9.82. The molecule has 0 heterocycles. The molecule has 2 rings (SSSR count). The van der Waals surface area contributed by atoms with Gasteiger partial charge in [0.2, 0.25) is 0 Å². The van der Waals surface area contributed by atoms with Crippen LogP contribution in [0.4, 0.5) is 0 Å². The van der Waals surface area contributed by atoms with Crippen LogP contribution < -0.4 is 0 Å². The molecule has 1 N–H and O–H groups in total. The Morgan fingerprint density at radius 2 is 2.09 bits per heavy atom. The van der Waals surface area contributed by atoms with E-state index in [9.17, 15) is 14.7 Å². The van der Waals surface area contributed by atoms with Crippen molar-refractivity contribution in [1.82, 2.24) is 0 Å². The van der Waals surface area contributed by atoms with E-state index in [1.807, 2.05) is 19.9 Å². The minimum absolute atomic E-state index is 0.0114. The molecule has 2 fully saturated rings. The number of rotatable bonds is 5. The molecule has 0 radical (unpaired) electrons. The summed E-state index contributed by atoms with van der Waals surface area (Å²) in [6, 6.07) is 0. The predicted octanol–water partition coefficient (Wildman–Crippen LogP) is 4.78. The van der Waals surface area contributed by atoms with E-state index in [-0.39, 0.29) is 11.3 Å². The number of fused-ring (bicyclic) bond motifs is 1. The molecule has 2 aliphatic rings. The Hall–Kier alpha value is -1.38. The van der Waals surface area contributed by atoms with Gasteiger partial charge in [-0.3, -0.25) is 9.59 Å². The van der Waals surface area contributed by atoms with E-state index in [1.165, 1.54) is 5.57 Å². The maximum Gasteiger partial charge on any atom is 0.309 e. The van der Waals surface area contributed by atoms with Crippen LogP contribution in [0, 0.1) is 22.7 Å². The highest BCUT2D eigenvalue weighted by atomic mass is 16.4. The van der Waals surface area contributed by atoms with Crippen molar-refractivity contribution in [2.45, 2.75) is 65.7 Å². The lowest BCUT2D eigenvalue weighted by atomic mass is 9.46. The molecular weight excluding hydrogens is 288 g/mol. The van der Waals surface area contributed by atoms with Gasteiger partial charge in [0.05, 0.1) is 5.41 Å². The summed E-state index contributed by atoms with van der Waals surface area (Å²) in [7, 11) is 0. The summed E-state index contributed by atoms with van der Waals surface area (Å²) in [6.07, 6.45) is 9.12. The van der Waals surface area contributed by atoms with Gasteiger partial charge in [-0.1, -0.05) is 31.6 Å². The number of aldehydes is 1. The average molecular weight is 318 g/mol. The summed E-state index contributed by atoms with van der Waals surface area (Å²) < 4.78 is 0. The van der Waals surface area contributed by atoms with Crippen LogP contribution >= 0.6 is 0 Å². The van der Waals surface area contributed by atoms with Gasteiger partial charge < -0.3 is 5.11 Å². The maximum atomic E-state index is 11.9. The maximum absolute atomic E-state index is 11.9. The summed E-state index contributed by atoms with van der Waals surface area (Å²) in [5.41, 5.74) is 1.45. The number of carboxylic acids is 1. The molecule has 2 saturated carbocycles. The van der Waals surface area contributed by atoms with Gasteiger partial charge in [-0.15, -0.1) is 0 Å². The molecule has 0 unspecified atom stereocenters. The van der Waals surface area contributed by atoms with Crippen molar-refractivity contribution in [2.24, 2.45) is 22.7 Å². The van der Waals surface area contributed by atoms with Crippen molar-refractivity contribution in [1.29, 1.82) is 0 Å². The molecule has 128 valence electrons. The lowest BCUT2D eigenvalue weighted by molar-refractivity contribution is -0.164. The van der Waals surface area contributed by atoms with E-state index in [0.717, 1.165) is 56.8 Å². The minimum Gasteiger partial charge on any atom is -0.481 e. The first-order chi connectivity index (χ1) is 10.8. The van der Waals surface area contributed by atoms with Crippen molar-refractivity contribution in [3.8, 4) is 0 Å². The van der Waals surface area contributed by atoms with Crippen LogP contribution in [0.3, 0.4) is 0 Å². The molecular formula is C20H30O3. The minimum atomic E-state index is -0.651. The molecule has 3 nitrogen and oxygen atoms in total. The zero-order chi connectivity index (χ0) is 17.3. The second kappa shape index (κ2) is 6.62. The monoisotopic (exact) mass is 318 g/mol. The Bertz CT molecular complexity index is 533. The standard InChI is InChI=1S/C20H30O3/c1-5-15(13-21)8-9-16-14(2)7-10-17-19(16,3)11-6-12-20(17,4)18(22)23/h5,13,16-17H,2,6-12H2,1,3-4H3,(H,22,23)/b15-5+/t16-,17+,19+,20+/m0/s1. The highest BCUT2D eigenvalue weighted by Gasteiger charge is 2.57. The molecule has 0 aromatic carbocycles. The molecule has 3 heteroatoms. The summed E-state index contributed by atoms with van der Waals surface area (Å²) >= 11 is 0. The van der Waals surface area contributed by atoms with Crippen molar-refractivity contribution in [3.63, 3.8) is 0 Å². The number of carbonyl (C=O) groups excluding carboxylic acids is 1. The SMILES string of the molecule is C=C1CC[C@@H]2[C@](C)(CCC[C@@]2(C)C(=O)O)[C@H]1CC/C(C=O)=C\C. The normalized spacial score (nSPS) is 38.0. The van der Waals surface area contributed by atoms with E-state index in [4.69, 9.17) is 0 Å². The molecule has 0 aliphatic heterocycles. The van der Waals surface area contributed by atoms with Crippen molar-refractivity contribution in [3.05, 3.63) is 23.8 Å². The van der Waals surface area contributed by atoms with Crippen LogP contribution in [0.2, 0.25) is 0 Å². The topological polar surface area (TPSA) is 54.4 Å². The van der Waals surface area contributed by atoms with Gasteiger partial charge in [-0.25, -0.2) is 0 Å². The largest absolute Gasteiger partial charge is 0.481 e. The van der Waals surface area contributed by atoms with E-state index < -0.39 is 11.4 Å². The smallest absolute Gasteiger partial charge is 0.309 e. The summed E-state index contributed by atoms with van der Waals surface area (Å²) in [5.74, 6) is -0.140. The highest BCUT2D eigenvalue weighted by molar-refractivity contribution is 5.75. The Morgan fingerprint density at radius 1 is 1.39 bits per heavy atom. The van der Waals surface area contributed by atoms with E-state index in [1.54, 1.807) is 0 Å². The third-order valence-corrected chi connectivity index (χ3v) is 6.75. The molecule has 0 bridgehead atoms. The first-order valence-electron chi connectivity index (χ1n) is 8.81. The Kier molecular flexibility index (Phi) is 5.17. The van der Waals surface area contributed by atoms with Gasteiger partial charge in [0.1, 0.15) is 6.29 Å². The third kappa shape index (κ3) is 3.02. The van der Waals surface area contributed by atoms with Gasteiger partial charge >= 0.3 is 5.97 Å². The molecule has 0 aromatic heterocycles. The van der Waals surface area contributed by atoms with Crippen molar-refractivity contribution >= 4 is 12.3 Å². The number of carboxylic acid groups (broad SMARTS) is 1. The first-order valence-corrected chi connectivity index (χ1v) is 8.81. The quantitative estimate of drug-likeness (QED) is 0.451. The number of aliphatic carboxylic acids is 1. The van der Waals surface area contributed by atoms with Crippen LogP contribution in [-0.2, 0) is 9.59 Å². The van der Waals surface area contributed by atoms with Gasteiger partial charge in [0.25, 0.3) is 0 Å². The lowest BCUT2D eigenvalue weighted by Gasteiger charge is -2.57. The second-order valence-corrected chi connectivity index (χ2v) is 7.90. The fraction of sp³-hybridized carbons (Fsp3) is 0.700. The van der Waals surface area contributed by atoms with Crippen LogP contribution in [0.25, 0.3) is 0 Å². The van der Waals surface area contributed by atoms with Crippen molar-refractivity contribution in [2.75, 3.05) is 0 Å². The molecule has 0 spiro atoms. The number of allylic oxidation sites excluding steroid dienone is 3. The predicted molar refractivity (Wildman–Crippen MR) is 92.1 cm³/mol. The molecule has 0 aromatic rings. The fourth-order valence-corrected chi connectivity index (χ4v) is 5.32. The van der Waals surface area contributed by atoms with E-state index in [2.05, 4.69) is 13.5 Å².